The first-order chi connectivity index (χ1) is 17.3. The topological polar surface area (TPSA) is 57.7 Å². The maximum atomic E-state index is 13.5. The molecule has 0 radical (unpaired) electrons. The van der Waals surface area contributed by atoms with Crippen LogP contribution in [0.2, 0.25) is 5.02 Å². The molecule has 0 spiro atoms. The molecular formula is C29H27ClN2O3S. The summed E-state index contributed by atoms with van der Waals surface area (Å²) in [6, 6.07) is 33.6. The molecule has 0 atom stereocenters. The summed E-state index contributed by atoms with van der Waals surface area (Å²) in [6.45, 7) is 1.09. The zero-order valence-electron chi connectivity index (χ0n) is 19.9. The lowest BCUT2D eigenvalue weighted by atomic mass is 10.1. The summed E-state index contributed by atoms with van der Waals surface area (Å²) in [7, 11) is -3.54. The van der Waals surface area contributed by atoms with E-state index in [0.29, 0.717) is 29.4 Å². The predicted octanol–water partition coefficient (Wildman–Crippen LogP) is 6.15. The summed E-state index contributed by atoms with van der Waals surface area (Å²) >= 11 is 6.08. The summed E-state index contributed by atoms with van der Waals surface area (Å²) in [5.41, 5.74) is 3.88. The molecule has 5 nitrogen and oxygen atoms in total. The molecule has 0 aliphatic rings. The van der Waals surface area contributed by atoms with Gasteiger partial charge in [-0.2, -0.15) is 0 Å². The van der Waals surface area contributed by atoms with Gasteiger partial charge in [0, 0.05) is 23.7 Å². The molecule has 0 aromatic heterocycles. The molecular weight excluding hydrogens is 492 g/mol. The smallest absolute Gasteiger partial charge is 0.254 e. The van der Waals surface area contributed by atoms with Crippen LogP contribution in [0.4, 0.5) is 5.69 Å². The largest absolute Gasteiger partial charge is 0.330 e. The van der Waals surface area contributed by atoms with Gasteiger partial charge in [-0.3, -0.25) is 9.10 Å². The van der Waals surface area contributed by atoms with E-state index < -0.39 is 10.0 Å². The SMILES string of the molecule is CS(=O)(=O)N(Cc1ccc(C(=O)N(Cc2ccccc2)Cc2ccccc2)cc1)c1cccc(Cl)c1. The van der Waals surface area contributed by atoms with E-state index in [1.807, 2.05) is 65.6 Å². The Morgan fingerprint density at radius 3 is 1.72 bits per heavy atom. The molecule has 0 unspecified atom stereocenters. The van der Waals surface area contributed by atoms with Crippen molar-refractivity contribution in [2.75, 3.05) is 10.6 Å². The number of hydrogen-bond acceptors (Lipinski definition) is 3. The van der Waals surface area contributed by atoms with Crippen LogP contribution in [0.5, 0.6) is 0 Å². The van der Waals surface area contributed by atoms with E-state index in [1.54, 1.807) is 48.5 Å². The molecule has 0 N–H and O–H groups in total. The maximum absolute atomic E-state index is 13.5. The number of benzene rings is 4. The number of carbonyl (C=O) groups excluding carboxylic acids is 1. The molecule has 0 fully saturated rings. The van der Waals surface area contributed by atoms with Crippen LogP contribution in [0.1, 0.15) is 27.0 Å². The van der Waals surface area contributed by atoms with Crippen LogP contribution < -0.4 is 4.31 Å². The van der Waals surface area contributed by atoms with Crippen LogP contribution in [-0.4, -0.2) is 25.5 Å². The highest BCUT2D eigenvalue weighted by molar-refractivity contribution is 7.92. The van der Waals surface area contributed by atoms with Gasteiger partial charge in [-0.15, -0.1) is 0 Å². The van der Waals surface area contributed by atoms with E-state index in [1.165, 1.54) is 4.31 Å². The third-order valence-electron chi connectivity index (χ3n) is 5.74. The minimum atomic E-state index is -3.54. The Bertz CT molecular complexity index is 1370. The van der Waals surface area contributed by atoms with Gasteiger partial charge in [0.25, 0.3) is 5.91 Å². The number of sulfonamides is 1. The Hall–Kier alpha value is -3.61. The Morgan fingerprint density at radius 2 is 1.22 bits per heavy atom. The van der Waals surface area contributed by atoms with Crippen molar-refractivity contribution in [2.45, 2.75) is 19.6 Å². The van der Waals surface area contributed by atoms with Gasteiger partial charge in [-0.25, -0.2) is 8.42 Å². The minimum Gasteiger partial charge on any atom is -0.330 e. The maximum Gasteiger partial charge on any atom is 0.254 e. The lowest BCUT2D eigenvalue weighted by Gasteiger charge is -2.24. The normalized spacial score (nSPS) is 11.2. The molecule has 0 heterocycles. The van der Waals surface area contributed by atoms with Crippen LogP contribution in [0.15, 0.2) is 109 Å². The Kier molecular flexibility index (Phi) is 8.08. The van der Waals surface area contributed by atoms with Gasteiger partial charge in [-0.05, 0) is 47.0 Å². The van der Waals surface area contributed by atoms with Crippen LogP contribution in [0, 0.1) is 0 Å². The average Bonchev–Trinajstić information content (AvgIpc) is 2.87. The minimum absolute atomic E-state index is 0.0935. The van der Waals surface area contributed by atoms with E-state index >= 15 is 0 Å². The summed E-state index contributed by atoms with van der Waals surface area (Å²) < 4.78 is 26.3. The highest BCUT2D eigenvalue weighted by Crippen LogP contribution is 2.24. The van der Waals surface area contributed by atoms with Crippen molar-refractivity contribution < 1.29 is 13.2 Å². The first-order valence-electron chi connectivity index (χ1n) is 11.5. The van der Waals surface area contributed by atoms with Crippen LogP contribution in [-0.2, 0) is 29.7 Å². The monoisotopic (exact) mass is 518 g/mol. The van der Waals surface area contributed by atoms with E-state index in [9.17, 15) is 13.2 Å². The zero-order chi connectivity index (χ0) is 25.5. The summed E-state index contributed by atoms with van der Waals surface area (Å²) in [5.74, 6) is -0.0935. The first kappa shape index (κ1) is 25.5. The van der Waals surface area contributed by atoms with Crippen molar-refractivity contribution in [3.63, 3.8) is 0 Å². The van der Waals surface area contributed by atoms with Crippen LogP contribution >= 0.6 is 11.6 Å². The summed E-state index contributed by atoms with van der Waals surface area (Å²) in [5, 5.41) is 0.457. The first-order valence-corrected chi connectivity index (χ1v) is 13.7. The molecule has 0 saturated heterocycles. The summed E-state index contributed by atoms with van der Waals surface area (Å²) in [6.07, 6.45) is 1.16. The van der Waals surface area contributed by atoms with E-state index in [0.717, 1.165) is 22.9 Å². The van der Waals surface area contributed by atoms with Gasteiger partial charge in [0.15, 0.2) is 0 Å². The number of nitrogens with zero attached hydrogens (tertiary/aromatic N) is 2. The van der Waals surface area contributed by atoms with Gasteiger partial charge < -0.3 is 4.90 Å². The van der Waals surface area contributed by atoms with Gasteiger partial charge in [0.2, 0.25) is 10.0 Å². The van der Waals surface area contributed by atoms with E-state index in [4.69, 9.17) is 11.6 Å². The van der Waals surface area contributed by atoms with Crippen LogP contribution in [0.25, 0.3) is 0 Å². The fourth-order valence-corrected chi connectivity index (χ4v) is 5.00. The van der Waals surface area contributed by atoms with Crippen molar-refractivity contribution >= 4 is 33.2 Å². The standard InChI is InChI=1S/C29H27ClN2O3S/c1-36(34,35)32(28-14-8-13-27(30)19-28)22-25-15-17-26(18-16-25)29(33)31(20-23-9-4-2-5-10-23)21-24-11-6-3-7-12-24/h2-19H,20-22H2,1H3. The predicted molar refractivity (Wildman–Crippen MR) is 145 cm³/mol. The number of anilines is 1. The van der Waals surface area contributed by atoms with Gasteiger partial charge in [0.05, 0.1) is 18.5 Å². The van der Waals surface area contributed by atoms with Gasteiger partial charge in [0.1, 0.15) is 0 Å². The lowest BCUT2D eigenvalue weighted by Crippen LogP contribution is -2.30. The number of carbonyl (C=O) groups is 1. The fraction of sp³-hybridized carbons (Fsp3) is 0.138. The van der Waals surface area contributed by atoms with Crippen molar-refractivity contribution in [1.29, 1.82) is 0 Å². The van der Waals surface area contributed by atoms with Gasteiger partial charge >= 0.3 is 0 Å². The summed E-state index contributed by atoms with van der Waals surface area (Å²) in [4.78, 5) is 15.3. The molecule has 0 aliphatic heterocycles. The Balaban J connectivity index is 1.56. The second kappa shape index (κ2) is 11.4. The Morgan fingerprint density at radius 1 is 0.694 bits per heavy atom. The van der Waals surface area contributed by atoms with Gasteiger partial charge in [-0.1, -0.05) is 90.5 Å². The quantitative estimate of drug-likeness (QED) is 0.267. The molecule has 4 rings (SSSR count). The second-order valence-corrected chi connectivity index (χ2v) is 10.9. The average molecular weight is 519 g/mol. The number of rotatable bonds is 9. The molecule has 4 aromatic carbocycles. The fourth-order valence-electron chi connectivity index (χ4n) is 3.94. The van der Waals surface area contributed by atoms with Crippen molar-refractivity contribution in [3.05, 3.63) is 136 Å². The molecule has 4 aromatic rings. The molecule has 0 bridgehead atoms. The third-order valence-corrected chi connectivity index (χ3v) is 7.12. The van der Waals surface area contributed by atoms with Crippen molar-refractivity contribution in [3.8, 4) is 0 Å². The molecule has 1 amide bonds. The molecule has 0 aliphatic carbocycles. The highest BCUT2D eigenvalue weighted by atomic mass is 35.5. The molecule has 36 heavy (non-hydrogen) atoms. The van der Waals surface area contributed by atoms with Crippen molar-refractivity contribution in [2.24, 2.45) is 0 Å². The molecule has 0 saturated carbocycles. The van der Waals surface area contributed by atoms with E-state index in [-0.39, 0.29) is 12.5 Å². The zero-order valence-corrected chi connectivity index (χ0v) is 21.5. The third kappa shape index (κ3) is 6.74. The number of hydrogen-bond donors (Lipinski definition) is 0. The number of halogens is 1. The second-order valence-electron chi connectivity index (χ2n) is 8.58. The highest BCUT2D eigenvalue weighted by Gasteiger charge is 2.20. The number of amides is 1. The lowest BCUT2D eigenvalue weighted by molar-refractivity contribution is 0.0730. The molecule has 7 heteroatoms. The van der Waals surface area contributed by atoms with Crippen LogP contribution in [0.3, 0.4) is 0 Å². The molecule has 184 valence electrons. The van der Waals surface area contributed by atoms with E-state index in [2.05, 4.69) is 0 Å². The Labute approximate surface area is 217 Å². The van der Waals surface area contributed by atoms with Crippen molar-refractivity contribution in [1.82, 2.24) is 4.90 Å².